The van der Waals surface area contributed by atoms with Crippen LogP contribution in [0.25, 0.3) is 0 Å². The number of halogens is 1. The Bertz CT molecular complexity index is 358. The van der Waals surface area contributed by atoms with Crippen LogP contribution in [-0.4, -0.2) is 18.4 Å². The summed E-state index contributed by atoms with van der Waals surface area (Å²) in [5.74, 6) is 0.125. The van der Waals surface area contributed by atoms with Crippen LogP contribution in [0.3, 0.4) is 0 Å². The van der Waals surface area contributed by atoms with E-state index >= 15 is 0 Å². The predicted octanol–water partition coefficient (Wildman–Crippen LogP) is 2.66. The smallest absolute Gasteiger partial charge is 0.181 e. The molecule has 1 aliphatic rings. The summed E-state index contributed by atoms with van der Waals surface area (Å²) in [5, 5.41) is 3.79. The Kier molecular flexibility index (Phi) is 3.39. The molecule has 0 amide bonds. The minimum Gasteiger partial charge on any atom is -0.307 e. The molecule has 15 heavy (non-hydrogen) atoms. The highest BCUT2D eigenvalue weighted by Gasteiger charge is 2.22. The number of Topliss-reactive ketones (excluding diaryl/α,β-unsaturated/α-hetero) is 1. The van der Waals surface area contributed by atoms with E-state index in [0.717, 1.165) is 25.8 Å². The number of hydrogen-bond acceptors (Lipinski definition) is 2. The van der Waals surface area contributed by atoms with Crippen molar-refractivity contribution < 1.29 is 4.79 Å². The highest BCUT2D eigenvalue weighted by Crippen LogP contribution is 2.19. The van der Waals surface area contributed by atoms with Gasteiger partial charge in [0.15, 0.2) is 5.78 Å². The standard InChI is InChI=1S/C12H14ClNO/c13-10-6-2-1-5-9(10)12(15)11-7-3-4-8-14-11/h1-2,5-6,11,14H,3-4,7-8H2. The quantitative estimate of drug-likeness (QED) is 0.782. The van der Waals surface area contributed by atoms with Gasteiger partial charge in [-0.15, -0.1) is 0 Å². The van der Waals surface area contributed by atoms with Gasteiger partial charge in [0, 0.05) is 5.56 Å². The second kappa shape index (κ2) is 4.77. The Morgan fingerprint density at radius 3 is 2.80 bits per heavy atom. The van der Waals surface area contributed by atoms with Gasteiger partial charge < -0.3 is 5.32 Å². The minimum absolute atomic E-state index is 0.0429. The summed E-state index contributed by atoms with van der Waals surface area (Å²) in [6.07, 6.45) is 3.20. The molecular weight excluding hydrogens is 210 g/mol. The van der Waals surface area contributed by atoms with Crippen LogP contribution >= 0.6 is 11.6 Å². The lowest BCUT2D eigenvalue weighted by molar-refractivity contribution is 0.0927. The summed E-state index contributed by atoms with van der Waals surface area (Å²) in [5.41, 5.74) is 0.638. The van der Waals surface area contributed by atoms with Gasteiger partial charge in [0.25, 0.3) is 0 Å². The molecule has 2 nitrogen and oxygen atoms in total. The van der Waals surface area contributed by atoms with Crippen molar-refractivity contribution in [3.63, 3.8) is 0 Å². The maximum atomic E-state index is 12.1. The Hall–Kier alpha value is -0.860. The summed E-state index contributed by atoms with van der Waals surface area (Å²) < 4.78 is 0. The zero-order valence-electron chi connectivity index (χ0n) is 8.50. The van der Waals surface area contributed by atoms with Crippen molar-refractivity contribution in [2.24, 2.45) is 0 Å². The van der Waals surface area contributed by atoms with Crippen molar-refractivity contribution in [3.8, 4) is 0 Å². The molecule has 0 saturated carbocycles. The molecule has 0 radical (unpaired) electrons. The molecule has 1 aromatic rings. The maximum absolute atomic E-state index is 12.1. The van der Waals surface area contributed by atoms with E-state index in [4.69, 9.17) is 11.6 Å². The summed E-state index contributed by atoms with van der Waals surface area (Å²) >= 11 is 5.99. The van der Waals surface area contributed by atoms with Crippen molar-refractivity contribution >= 4 is 17.4 Å². The number of hydrogen-bond donors (Lipinski definition) is 1. The average molecular weight is 224 g/mol. The number of carbonyl (C=O) groups excluding carboxylic acids is 1. The summed E-state index contributed by atoms with van der Waals surface area (Å²) in [6.45, 7) is 0.931. The van der Waals surface area contributed by atoms with Crippen LogP contribution in [0.2, 0.25) is 5.02 Å². The number of rotatable bonds is 2. The first-order valence-corrected chi connectivity index (χ1v) is 5.69. The van der Waals surface area contributed by atoms with E-state index in [1.807, 2.05) is 12.1 Å². The molecule has 1 aromatic carbocycles. The van der Waals surface area contributed by atoms with Gasteiger partial charge in [-0.3, -0.25) is 4.79 Å². The molecule has 0 aromatic heterocycles. The molecule has 0 aliphatic carbocycles. The van der Waals surface area contributed by atoms with Gasteiger partial charge in [-0.1, -0.05) is 30.2 Å². The van der Waals surface area contributed by atoms with E-state index in [1.165, 1.54) is 0 Å². The predicted molar refractivity (Wildman–Crippen MR) is 61.4 cm³/mol. The normalized spacial score (nSPS) is 21.3. The van der Waals surface area contributed by atoms with E-state index in [9.17, 15) is 4.79 Å². The number of benzene rings is 1. The molecule has 1 aliphatic heterocycles. The number of carbonyl (C=O) groups is 1. The van der Waals surface area contributed by atoms with Gasteiger partial charge in [0.2, 0.25) is 0 Å². The van der Waals surface area contributed by atoms with Crippen molar-refractivity contribution in [2.75, 3.05) is 6.54 Å². The first kappa shape index (κ1) is 10.7. The van der Waals surface area contributed by atoms with Gasteiger partial charge in [-0.25, -0.2) is 0 Å². The van der Waals surface area contributed by atoms with Crippen LogP contribution in [-0.2, 0) is 0 Å². The van der Waals surface area contributed by atoms with E-state index < -0.39 is 0 Å². The second-order valence-electron chi connectivity index (χ2n) is 3.85. The largest absolute Gasteiger partial charge is 0.307 e. The topological polar surface area (TPSA) is 29.1 Å². The van der Waals surface area contributed by atoms with Crippen LogP contribution in [0, 0.1) is 0 Å². The van der Waals surface area contributed by atoms with Gasteiger partial charge in [-0.05, 0) is 31.5 Å². The lowest BCUT2D eigenvalue weighted by Gasteiger charge is -2.22. The minimum atomic E-state index is -0.0429. The number of piperidine rings is 1. The van der Waals surface area contributed by atoms with Crippen LogP contribution in [0.5, 0.6) is 0 Å². The van der Waals surface area contributed by atoms with Crippen molar-refractivity contribution in [1.29, 1.82) is 0 Å². The van der Waals surface area contributed by atoms with Crippen LogP contribution in [0.15, 0.2) is 24.3 Å². The molecular formula is C12H14ClNO. The Morgan fingerprint density at radius 1 is 1.33 bits per heavy atom. The zero-order valence-corrected chi connectivity index (χ0v) is 9.26. The molecule has 0 spiro atoms. The van der Waals surface area contributed by atoms with E-state index in [0.29, 0.717) is 10.6 Å². The molecule has 80 valence electrons. The Labute approximate surface area is 94.6 Å². The molecule has 2 rings (SSSR count). The molecule has 1 atom stereocenters. The fourth-order valence-corrected chi connectivity index (χ4v) is 2.15. The number of nitrogens with one attached hydrogen (secondary N) is 1. The van der Waals surface area contributed by atoms with E-state index in [1.54, 1.807) is 12.1 Å². The first-order valence-electron chi connectivity index (χ1n) is 5.31. The lowest BCUT2D eigenvalue weighted by atomic mass is 9.96. The number of ketones is 1. The van der Waals surface area contributed by atoms with Gasteiger partial charge >= 0.3 is 0 Å². The third kappa shape index (κ3) is 2.39. The highest BCUT2D eigenvalue weighted by molar-refractivity contribution is 6.34. The van der Waals surface area contributed by atoms with Crippen molar-refractivity contribution in [2.45, 2.75) is 25.3 Å². The Balaban J connectivity index is 2.16. The third-order valence-corrected chi connectivity index (χ3v) is 3.10. The molecule has 0 bridgehead atoms. The maximum Gasteiger partial charge on any atom is 0.181 e. The fraction of sp³-hybridized carbons (Fsp3) is 0.417. The van der Waals surface area contributed by atoms with Crippen LogP contribution in [0.4, 0.5) is 0 Å². The first-order chi connectivity index (χ1) is 7.29. The average Bonchev–Trinajstić information content (AvgIpc) is 2.30. The third-order valence-electron chi connectivity index (χ3n) is 2.77. The monoisotopic (exact) mass is 223 g/mol. The lowest BCUT2D eigenvalue weighted by Crippen LogP contribution is -2.40. The van der Waals surface area contributed by atoms with E-state index in [2.05, 4.69) is 5.32 Å². The SMILES string of the molecule is O=C(c1ccccc1Cl)C1CCCCN1. The summed E-state index contributed by atoms with van der Waals surface area (Å²) in [7, 11) is 0. The van der Waals surface area contributed by atoms with Crippen LogP contribution < -0.4 is 5.32 Å². The summed E-state index contributed by atoms with van der Waals surface area (Å²) in [6, 6.07) is 7.20. The molecule has 1 fully saturated rings. The van der Waals surface area contributed by atoms with E-state index in [-0.39, 0.29) is 11.8 Å². The zero-order chi connectivity index (χ0) is 10.7. The van der Waals surface area contributed by atoms with Gasteiger partial charge in [0.05, 0.1) is 11.1 Å². The van der Waals surface area contributed by atoms with Crippen LogP contribution in [0.1, 0.15) is 29.6 Å². The molecule has 3 heteroatoms. The van der Waals surface area contributed by atoms with Gasteiger partial charge in [-0.2, -0.15) is 0 Å². The second-order valence-corrected chi connectivity index (χ2v) is 4.25. The van der Waals surface area contributed by atoms with Crippen molar-refractivity contribution in [3.05, 3.63) is 34.9 Å². The fourth-order valence-electron chi connectivity index (χ4n) is 1.92. The molecule has 1 N–H and O–H groups in total. The van der Waals surface area contributed by atoms with Crippen molar-refractivity contribution in [1.82, 2.24) is 5.32 Å². The Morgan fingerprint density at radius 2 is 2.13 bits per heavy atom. The molecule has 1 heterocycles. The molecule has 1 unspecified atom stereocenters. The van der Waals surface area contributed by atoms with Gasteiger partial charge in [0.1, 0.15) is 0 Å². The molecule has 1 saturated heterocycles. The summed E-state index contributed by atoms with van der Waals surface area (Å²) in [4.78, 5) is 12.1. The highest BCUT2D eigenvalue weighted by atomic mass is 35.5.